The molecule has 0 aliphatic rings. The summed E-state index contributed by atoms with van der Waals surface area (Å²) in [5.74, 6) is 1.86. The number of ether oxygens (including phenoxy) is 4. The molecule has 45 heavy (non-hydrogen) atoms. The highest BCUT2D eigenvalue weighted by atomic mass is 16.6. The third-order valence-corrected chi connectivity index (χ3v) is 7.30. The third-order valence-electron chi connectivity index (χ3n) is 7.30. The van der Waals surface area contributed by atoms with Crippen molar-refractivity contribution in [3.63, 3.8) is 0 Å². The predicted octanol–water partition coefficient (Wildman–Crippen LogP) is 9.16. The average Bonchev–Trinajstić information content (AvgIpc) is 3.10. The van der Waals surface area contributed by atoms with Gasteiger partial charge in [0, 0.05) is 0 Å². The zero-order valence-corrected chi connectivity index (χ0v) is 25.8. The number of carbonyl (C=O) groups excluding carboxylic acids is 1. The second-order valence-corrected chi connectivity index (χ2v) is 10.4. The number of hydrogen-bond donors (Lipinski definition) is 0. The summed E-state index contributed by atoms with van der Waals surface area (Å²) in [6.45, 7) is 5.17. The van der Waals surface area contributed by atoms with E-state index in [0.717, 1.165) is 51.3 Å². The topological polar surface area (TPSA) is 54.0 Å². The summed E-state index contributed by atoms with van der Waals surface area (Å²) in [4.78, 5) is 11.7. The van der Waals surface area contributed by atoms with E-state index in [2.05, 4.69) is 55.5 Å². The van der Waals surface area contributed by atoms with Crippen LogP contribution in [0.5, 0.6) is 17.2 Å². The lowest BCUT2D eigenvalue weighted by Crippen LogP contribution is -2.14. The Bertz CT molecular complexity index is 1570. The molecular formula is C40H38O5. The molecule has 0 saturated heterocycles. The van der Waals surface area contributed by atoms with Crippen molar-refractivity contribution in [2.75, 3.05) is 13.2 Å². The molecule has 0 atom stereocenters. The molecule has 5 aromatic rings. The van der Waals surface area contributed by atoms with Crippen LogP contribution >= 0.6 is 0 Å². The fraction of sp³-hybridized carbons (Fsp3) is 0.175. The Morgan fingerprint density at radius 3 is 1.36 bits per heavy atom. The van der Waals surface area contributed by atoms with Crippen LogP contribution in [0.4, 0.5) is 0 Å². The number of rotatable bonds is 14. The van der Waals surface area contributed by atoms with E-state index >= 15 is 0 Å². The van der Waals surface area contributed by atoms with Crippen LogP contribution < -0.4 is 14.2 Å². The van der Waals surface area contributed by atoms with Gasteiger partial charge in [-0.15, -0.1) is 0 Å². The molecule has 0 bridgehead atoms. The monoisotopic (exact) mass is 598 g/mol. The lowest BCUT2D eigenvalue weighted by Gasteiger charge is -2.18. The number of hydrogen-bond acceptors (Lipinski definition) is 5. The van der Waals surface area contributed by atoms with Gasteiger partial charge in [0.2, 0.25) is 0 Å². The Labute approximate surface area is 265 Å². The van der Waals surface area contributed by atoms with E-state index in [1.165, 1.54) is 5.57 Å². The van der Waals surface area contributed by atoms with Gasteiger partial charge in [-0.1, -0.05) is 104 Å². The van der Waals surface area contributed by atoms with Crippen molar-refractivity contribution in [1.82, 2.24) is 0 Å². The Morgan fingerprint density at radius 2 is 0.933 bits per heavy atom. The van der Waals surface area contributed by atoms with Crippen LogP contribution in [0.25, 0.3) is 11.1 Å². The van der Waals surface area contributed by atoms with E-state index in [4.69, 9.17) is 18.9 Å². The number of esters is 1. The standard InChI is InChI=1S/C40H38O5/c1-3-38(32-15-21-37(22-16-32)45-29-39(41)42-4-2)40(33-17-23-35(24-18-33)43-27-30-11-7-5-8-12-30)34-19-25-36(26-20-34)44-28-31-13-9-6-10-14-31/h5-26H,3-4,27-29H2,1-2H3. The molecule has 5 rings (SSSR count). The van der Waals surface area contributed by atoms with Crippen LogP contribution in [-0.4, -0.2) is 19.2 Å². The summed E-state index contributed by atoms with van der Waals surface area (Å²) in [5.41, 5.74) is 7.80. The van der Waals surface area contributed by atoms with Gasteiger partial charge >= 0.3 is 5.97 Å². The molecule has 0 aromatic heterocycles. The third kappa shape index (κ3) is 8.87. The average molecular weight is 599 g/mol. The molecular weight excluding hydrogens is 560 g/mol. The second-order valence-electron chi connectivity index (χ2n) is 10.4. The smallest absolute Gasteiger partial charge is 0.344 e. The number of benzene rings is 5. The summed E-state index contributed by atoms with van der Waals surface area (Å²) in [6.07, 6.45) is 0.802. The van der Waals surface area contributed by atoms with Gasteiger partial charge in [0.25, 0.3) is 0 Å². The van der Waals surface area contributed by atoms with Crippen LogP contribution in [0.15, 0.2) is 133 Å². The molecule has 0 heterocycles. The Morgan fingerprint density at radius 1 is 0.511 bits per heavy atom. The van der Waals surface area contributed by atoms with E-state index in [1.807, 2.05) is 84.9 Å². The second kappa shape index (κ2) is 16.0. The first-order valence-corrected chi connectivity index (χ1v) is 15.3. The van der Waals surface area contributed by atoms with Crippen molar-refractivity contribution in [3.8, 4) is 17.2 Å². The highest BCUT2D eigenvalue weighted by Gasteiger charge is 2.15. The predicted molar refractivity (Wildman–Crippen MR) is 179 cm³/mol. The van der Waals surface area contributed by atoms with Gasteiger partial charge < -0.3 is 18.9 Å². The molecule has 0 saturated carbocycles. The van der Waals surface area contributed by atoms with E-state index in [-0.39, 0.29) is 12.6 Å². The van der Waals surface area contributed by atoms with Crippen LogP contribution in [0.3, 0.4) is 0 Å². The molecule has 0 aliphatic heterocycles. The van der Waals surface area contributed by atoms with Crippen molar-refractivity contribution in [1.29, 1.82) is 0 Å². The summed E-state index contributed by atoms with van der Waals surface area (Å²) in [5, 5.41) is 0. The fourth-order valence-corrected chi connectivity index (χ4v) is 5.06. The molecule has 0 unspecified atom stereocenters. The van der Waals surface area contributed by atoms with Gasteiger partial charge in [-0.25, -0.2) is 4.79 Å². The van der Waals surface area contributed by atoms with Gasteiger partial charge in [-0.05, 0) is 88.7 Å². The zero-order valence-electron chi connectivity index (χ0n) is 25.8. The molecule has 0 amide bonds. The molecule has 5 nitrogen and oxygen atoms in total. The largest absolute Gasteiger partial charge is 0.489 e. The number of allylic oxidation sites excluding steroid dienone is 1. The lowest BCUT2D eigenvalue weighted by molar-refractivity contribution is -0.145. The van der Waals surface area contributed by atoms with Gasteiger partial charge in [-0.3, -0.25) is 0 Å². The minimum atomic E-state index is -0.384. The normalized spacial score (nSPS) is 10.5. The first-order chi connectivity index (χ1) is 22.1. The maximum atomic E-state index is 11.7. The highest BCUT2D eigenvalue weighted by Crippen LogP contribution is 2.36. The van der Waals surface area contributed by atoms with Crippen molar-refractivity contribution >= 4 is 17.1 Å². The van der Waals surface area contributed by atoms with Crippen molar-refractivity contribution < 1.29 is 23.7 Å². The Kier molecular flexibility index (Phi) is 11.1. The van der Waals surface area contributed by atoms with Gasteiger partial charge in [0.1, 0.15) is 30.5 Å². The lowest BCUT2D eigenvalue weighted by atomic mass is 9.88. The van der Waals surface area contributed by atoms with Crippen LogP contribution in [-0.2, 0) is 22.7 Å². The molecule has 0 radical (unpaired) electrons. The minimum absolute atomic E-state index is 0.119. The van der Waals surface area contributed by atoms with E-state index in [9.17, 15) is 4.79 Å². The summed E-state index contributed by atoms with van der Waals surface area (Å²) < 4.78 is 22.8. The maximum absolute atomic E-state index is 11.7. The van der Waals surface area contributed by atoms with Crippen LogP contribution in [0, 0.1) is 0 Å². The van der Waals surface area contributed by atoms with E-state index in [1.54, 1.807) is 6.92 Å². The Balaban J connectivity index is 1.42. The fourth-order valence-electron chi connectivity index (χ4n) is 5.06. The first kappa shape index (κ1) is 31.1. The summed E-state index contributed by atoms with van der Waals surface area (Å²) in [7, 11) is 0. The van der Waals surface area contributed by atoms with Crippen molar-refractivity contribution in [2.24, 2.45) is 0 Å². The minimum Gasteiger partial charge on any atom is -0.489 e. The zero-order chi connectivity index (χ0) is 31.3. The van der Waals surface area contributed by atoms with Crippen LogP contribution in [0.1, 0.15) is 48.1 Å². The first-order valence-electron chi connectivity index (χ1n) is 15.3. The van der Waals surface area contributed by atoms with Crippen LogP contribution in [0.2, 0.25) is 0 Å². The number of carbonyl (C=O) groups is 1. The molecule has 228 valence electrons. The molecule has 0 spiro atoms. The molecule has 0 fully saturated rings. The summed E-state index contributed by atoms with van der Waals surface area (Å²) >= 11 is 0. The van der Waals surface area contributed by atoms with Gasteiger partial charge in [0.15, 0.2) is 6.61 Å². The van der Waals surface area contributed by atoms with E-state index < -0.39 is 0 Å². The van der Waals surface area contributed by atoms with E-state index in [0.29, 0.717) is 25.6 Å². The highest BCUT2D eigenvalue weighted by molar-refractivity contribution is 5.98. The summed E-state index contributed by atoms with van der Waals surface area (Å²) in [6, 6.07) is 44.7. The van der Waals surface area contributed by atoms with Gasteiger partial charge in [-0.2, -0.15) is 0 Å². The quantitative estimate of drug-likeness (QED) is 0.0942. The van der Waals surface area contributed by atoms with Crippen molar-refractivity contribution in [3.05, 3.63) is 161 Å². The molecule has 5 heteroatoms. The molecule has 0 N–H and O–H groups in total. The molecule has 5 aromatic carbocycles. The van der Waals surface area contributed by atoms with Gasteiger partial charge in [0.05, 0.1) is 6.61 Å². The van der Waals surface area contributed by atoms with Crippen molar-refractivity contribution in [2.45, 2.75) is 33.5 Å². The maximum Gasteiger partial charge on any atom is 0.344 e. The SMILES string of the molecule is CCOC(=O)COc1ccc(C(CC)=C(c2ccc(OCc3ccccc3)cc2)c2ccc(OCc3ccccc3)cc2)cc1. The Hall–Kier alpha value is -5.29. The molecule has 0 aliphatic carbocycles.